The fourth-order valence-corrected chi connectivity index (χ4v) is 2.14. The molecule has 1 aromatic heterocycles. The molecule has 0 saturated heterocycles. The summed E-state index contributed by atoms with van der Waals surface area (Å²) in [4.78, 5) is 4.09. The second-order valence-electron chi connectivity index (χ2n) is 5.03. The van der Waals surface area contributed by atoms with Gasteiger partial charge in [0.25, 0.3) is 0 Å². The summed E-state index contributed by atoms with van der Waals surface area (Å²) < 4.78 is 0. The number of rotatable bonds is 5. The minimum atomic E-state index is 0.130. The van der Waals surface area contributed by atoms with Gasteiger partial charge in [0.2, 0.25) is 0 Å². The highest BCUT2D eigenvalue weighted by Crippen LogP contribution is 2.12. The minimum Gasteiger partial charge on any atom is -0.409 e. The van der Waals surface area contributed by atoms with Crippen LogP contribution in [0.15, 0.2) is 41.8 Å². The molecule has 0 aliphatic carbocycles. The molecule has 0 atom stereocenters. The van der Waals surface area contributed by atoms with Gasteiger partial charge >= 0.3 is 0 Å². The molecule has 0 spiro atoms. The van der Waals surface area contributed by atoms with Crippen molar-refractivity contribution < 1.29 is 5.21 Å². The van der Waals surface area contributed by atoms with Crippen molar-refractivity contribution in [3.8, 4) is 0 Å². The Balaban J connectivity index is 1.99. The summed E-state index contributed by atoms with van der Waals surface area (Å²) in [5.41, 5.74) is 11.0. The topological polar surface area (TPSA) is 83.5 Å². The SMILES string of the molecule is Cc1cnccc1CNCc1ccc(/C(N)=N/O)cc1C. The third-order valence-corrected chi connectivity index (χ3v) is 3.51. The van der Waals surface area contributed by atoms with Crippen LogP contribution >= 0.6 is 0 Å². The first-order valence-electron chi connectivity index (χ1n) is 6.79. The molecule has 110 valence electrons. The van der Waals surface area contributed by atoms with Crippen molar-refractivity contribution in [2.45, 2.75) is 26.9 Å². The van der Waals surface area contributed by atoms with Gasteiger partial charge in [0.1, 0.15) is 0 Å². The molecule has 0 saturated carbocycles. The van der Waals surface area contributed by atoms with E-state index in [1.54, 1.807) is 6.20 Å². The fourth-order valence-electron chi connectivity index (χ4n) is 2.14. The van der Waals surface area contributed by atoms with E-state index in [-0.39, 0.29) is 5.84 Å². The average Bonchev–Trinajstić information content (AvgIpc) is 2.50. The molecule has 2 rings (SSSR count). The van der Waals surface area contributed by atoms with Crippen molar-refractivity contribution in [2.75, 3.05) is 0 Å². The van der Waals surface area contributed by atoms with Gasteiger partial charge in [-0.3, -0.25) is 4.98 Å². The number of hydrogen-bond acceptors (Lipinski definition) is 4. The van der Waals surface area contributed by atoms with Gasteiger partial charge in [-0.25, -0.2) is 0 Å². The third kappa shape index (κ3) is 3.79. The number of hydrogen-bond donors (Lipinski definition) is 3. The van der Waals surface area contributed by atoms with Crippen LogP contribution < -0.4 is 11.1 Å². The van der Waals surface area contributed by atoms with Gasteiger partial charge in [-0.15, -0.1) is 0 Å². The number of nitrogens with zero attached hydrogens (tertiary/aromatic N) is 2. The Labute approximate surface area is 124 Å². The molecular weight excluding hydrogens is 264 g/mol. The summed E-state index contributed by atoms with van der Waals surface area (Å²) in [7, 11) is 0. The molecule has 0 radical (unpaired) electrons. The lowest BCUT2D eigenvalue weighted by Crippen LogP contribution is -2.16. The van der Waals surface area contributed by atoms with Crippen LogP contribution in [0.1, 0.15) is 27.8 Å². The number of aryl methyl sites for hydroxylation is 2. The summed E-state index contributed by atoms with van der Waals surface area (Å²) in [6.07, 6.45) is 3.68. The summed E-state index contributed by atoms with van der Waals surface area (Å²) in [5.74, 6) is 0.130. The predicted octanol–water partition coefficient (Wildman–Crippen LogP) is 2.08. The first kappa shape index (κ1) is 15.0. The van der Waals surface area contributed by atoms with E-state index in [4.69, 9.17) is 10.9 Å². The lowest BCUT2D eigenvalue weighted by atomic mass is 10.0. The molecule has 2 aromatic rings. The average molecular weight is 284 g/mol. The third-order valence-electron chi connectivity index (χ3n) is 3.51. The van der Waals surface area contributed by atoms with Gasteiger partial charge in [-0.1, -0.05) is 17.3 Å². The summed E-state index contributed by atoms with van der Waals surface area (Å²) in [5, 5.41) is 15.1. The Morgan fingerprint density at radius 2 is 1.90 bits per heavy atom. The standard InChI is InChI=1S/C16H20N4O/c1-11-7-13(16(17)20-21)3-4-14(11)9-19-10-15-5-6-18-8-12(15)2/h3-8,19,21H,9-10H2,1-2H3,(H2,17,20). The van der Waals surface area contributed by atoms with Gasteiger partial charge < -0.3 is 16.3 Å². The number of benzene rings is 1. The molecule has 4 N–H and O–H groups in total. The maximum absolute atomic E-state index is 8.69. The molecule has 5 nitrogen and oxygen atoms in total. The zero-order chi connectivity index (χ0) is 15.2. The molecule has 0 bridgehead atoms. The smallest absolute Gasteiger partial charge is 0.170 e. The van der Waals surface area contributed by atoms with E-state index in [0.29, 0.717) is 0 Å². The first-order chi connectivity index (χ1) is 10.1. The van der Waals surface area contributed by atoms with Gasteiger partial charge in [0, 0.05) is 31.0 Å². The van der Waals surface area contributed by atoms with Crippen LogP contribution in [0.25, 0.3) is 0 Å². The van der Waals surface area contributed by atoms with Gasteiger partial charge in [0.15, 0.2) is 5.84 Å². The lowest BCUT2D eigenvalue weighted by molar-refractivity contribution is 0.318. The summed E-state index contributed by atoms with van der Waals surface area (Å²) in [6, 6.07) is 7.80. The van der Waals surface area contributed by atoms with E-state index in [2.05, 4.69) is 22.4 Å². The lowest BCUT2D eigenvalue weighted by Gasteiger charge is -2.10. The van der Waals surface area contributed by atoms with E-state index in [0.717, 1.165) is 24.2 Å². The molecule has 1 aromatic carbocycles. The van der Waals surface area contributed by atoms with Gasteiger partial charge in [-0.05, 0) is 48.2 Å². The van der Waals surface area contributed by atoms with Crippen LogP contribution in [-0.4, -0.2) is 16.0 Å². The zero-order valence-corrected chi connectivity index (χ0v) is 12.3. The van der Waals surface area contributed by atoms with Crippen molar-refractivity contribution in [1.29, 1.82) is 0 Å². The number of amidine groups is 1. The quantitative estimate of drug-likeness (QED) is 0.340. The molecule has 5 heteroatoms. The number of pyridine rings is 1. The molecule has 0 unspecified atom stereocenters. The van der Waals surface area contributed by atoms with Crippen molar-refractivity contribution in [3.05, 3.63) is 64.5 Å². The Hall–Kier alpha value is -2.40. The Morgan fingerprint density at radius 3 is 2.52 bits per heavy atom. The Morgan fingerprint density at radius 1 is 1.19 bits per heavy atom. The molecule has 0 amide bonds. The highest BCUT2D eigenvalue weighted by Gasteiger charge is 2.04. The molecule has 0 fully saturated rings. The fraction of sp³-hybridized carbons (Fsp3) is 0.250. The second-order valence-corrected chi connectivity index (χ2v) is 5.03. The second kappa shape index (κ2) is 6.85. The van der Waals surface area contributed by atoms with Crippen molar-refractivity contribution in [3.63, 3.8) is 0 Å². The highest BCUT2D eigenvalue weighted by molar-refractivity contribution is 5.97. The Kier molecular flexibility index (Phi) is 4.90. The zero-order valence-electron chi connectivity index (χ0n) is 12.3. The number of nitrogens with two attached hydrogens (primary N) is 1. The predicted molar refractivity (Wildman–Crippen MR) is 83.2 cm³/mol. The van der Waals surface area contributed by atoms with Crippen LogP contribution in [-0.2, 0) is 13.1 Å². The molecule has 21 heavy (non-hydrogen) atoms. The molecule has 0 aliphatic heterocycles. The van der Waals surface area contributed by atoms with Gasteiger partial charge in [0.05, 0.1) is 0 Å². The van der Waals surface area contributed by atoms with Crippen LogP contribution in [0.2, 0.25) is 0 Å². The molecule has 0 aliphatic rings. The van der Waals surface area contributed by atoms with E-state index in [1.807, 2.05) is 37.4 Å². The number of nitrogens with one attached hydrogen (secondary N) is 1. The number of aromatic nitrogens is 1. The van der Waals surface area contributed by atoms with Crippen molar-refractivity contribution in [2.24, 2.45) is 10.9 Å². The molecular formula is C16H20N4O. The maximum Gasteiger partial charge on any atom is 0.170 e. The van der Waals surface area contributed by atoms with Crippen LogP contribution in [0, 0.1) is 13.8 Å². The molecule has 1 heterocycles. The summed E-state index contributed by atoms with van der Waals surface area (Å²) in [6.45, 7) is 5.64. The van der Waals surface area contributed by atoms with Crippen molar-refractivity contribution >= 4 is 5.84 Å². The maximum atomic E-state index is 8.69. The van der Waals surface area contributed by atoms with Gasteiger partial charge in [-0.2, -0.15) is 0 Å². The largest absolute Gasteiger partial charge is 0.409 e. The van der Waals surface area contributed by atoms with E-state index in [9.17, 15) is 0 Å². The van der Waals surface area contributed by atoms with E-state index in [1.165, 1.54) is 16.7 Å². The summed E-state index contributed by atoms with van der Waals surface area (Å²) >= 11 is 0. The van der Waals surface area contributed by atoms with Crippen molar-refractivity contribution in [1.82, 2.24) is 10.3 Å². The minimum absolute atomic E-state index is 0.130. The first-order valence-corrected chi connectivity index (χ1v) is 6.79. The van der Waals surface area contributed by atoms with E-state index < -0.39 is 0 Å². The monoisotopic (exact) mass is 284 g/mol. The Bertz CT molecular complexity index is 652. The van der Waals surface area contributed by atoms with Crippen LogP contribution in [0.4, 0.5) is 0 Å². The highest BCUT2D eigenvalue weighted by atomic mass is 16.4. The normalized spacial score (nSPS) is 11.6. The van der Waals surface area contributed by atoms with Crippen LogP contribution in [0.5, 0.6) is 0 Å². The van der Waals surface area contributed by atoms with E-state index >= 15 is 0 Å². The van der Waals surface area contributed by atoms with Crippen LogP contribution in [0.3, 0.4) is 0 Å². The number of oxime groups is 1.